The van der Waals surface area contributed by atoms with Crippen molar-refractivity contribution in [3.05, 3.63) is 101 Å². The van der Waals surface area contributed by atoms with Crippen LogP contribution in [-0.4, -0.2) is 17.8 Å². The first kappa shape index (κ1) is 22.5. The summed E-state index contributed by atoms with van der Waals surface area (Å²) in [5, 5.41) is 5.63. The summed E-state index contributed by atoms with van der Waals surface area (Å²) in [4.78, 5) is 35.5. The van der Waals surface area contributed by atoms with Crippen molar-refractivity contribution in [2.24, 2.45) is 0 Å². The summed E-state index contributed by atoms with van der Waals surface area (Å²) >= 11 is 0. The third-order valence-corrected chi connectivity index (χ3v) is 4.54. The van der Waals surface area contributed by atoms with E-state index in [0.29, 0.717) is 23.5 Å². The lowest BCUT2D eigenvalue weighted by Gasteiger charge is -2.08. The smallest absolute Gasteiger partial charge is 0.308 e. The predicted molar refractivity (Wildman–Crippen MR) is 124 cm³/mol. The maximum absolute atomic E-state index is 12.4. The first-order valence-electron chi connectivity index (χ1n) is 10.1. The van der Waals surface area contributed by atoms with Crippen molar-refractivity contribution in [1.29, 1.82) is 0 Å². The molecule has 0 aliphatic heterocycles. The van der Waals surface area contributed by atoms with Crippen LogP contribution in [0.5, 0.6) is 5.75 Å². The van der Waals surface area contributed by atoms with Crippen molar-refractivity contribution in [3.8, 4) is 5.75 Å². The minimum Gasteiger partial charge on any atom is -0.427 e. The zero-order valence-electron chi connectivity index (χ0n) is 17.9. The molecule has 0 fully saturated rings. The molecule has 0 radical (unpaired) electrons. The molecule has 6 nitrogen and oxygen atoms in total. The molecule has 2 N–H and O–H groups in total. The van der Waals surface area contributed by atoms with Crippen molar-refractivity contribution in [3.63, 3.8) is 0 Å². The van der Waals surface area contributed by atoms with Gasteiger partial charge in [-0.25, -0.2) is 0 Å². The lowest BCUT2D eigenvalue weighted by atomic mass is 10.1. The summed E-state index contributed by atoms with van der Waals surface area (Å²) in [7, 11) is 0. The lowest BCUT2D eigenvalue weighted by molar-refractivity contribution is -0.131. The van der Waals surface area contributed by atoms with Crippen LogP contribution in [0.4, 0.5) is 5.69 Å². The van der Waals surface area contributed by atoms with Crippen LogP contribution < -0.4 is 15.4 Å². The first-order valence-corrected chi connectivity index (χ1v) is 10.1. The molecule has 0 atom stereocenters. The van der Waals surface area contributed by atoms with Crippen LogP contribution in [-0.2, 0) is 16.1 Å². The van der Waals surface area contributed by atoms with Crippen molar-refractivity contribution in [2.45, 2.75) is 20.4 Å². The molecule has 3 aromatic rings. The second-order valence-corrected chi connectivity index (χ2v) is 7.23. The average Bonchev–Trinajstić information content (AvgIpc) is 2.78. The summed E-state index contributed by atoms with van der Waals surface area (Å²) in [5.41, 5.74) is 4.05. The number of amides is 2. The molecule has 0 bridgehead atoms. The van der Waals surface area contributed by atoms with E-state index in [2.05, 4.69) is 10.6 Å². The SMILES string of the molecule is CC(=O)Oc1cccc(C(=O)NCc2ccc(NC(=O)/C=C/c3ccc(C)cc3)cc2)c1. The second kappa shape index (κ2) is 10.7. The molecule has 6 heteroatoms. The maximum Gasteiger partial charge on any atom is 0.308 e. The van der Waals surface area contributed by atoms with Gasteiger partial charge < -0.3 is 15.4 Å². The summed E-state index contributed by atoms with van der Waals surface area (Å²) < 4.78 is 5.00. The number of hydrogen-bond donors (Lipinski definition) is 2. The molecule has 162 valence electrons. The number of esters is 1. The summed E-state index contributed by atoms with van der Waals surface area (Å²) in [6, 6.07) is 21.5. The van der Waals surface area contributed by atoms with Gasteiger partial charge in [0, 0.05) is 30.8 Å². The topological polar surface area (TPSA) is 84.5 Å². The van der Waals surface area contributed by atoms with E-state index in [1.807, 2.05) is 43.3 Å². The molecule has 0 spiro atoms. The number of aryl methyl sites for hydroxylation is 1. The van der Waals surface area contributed by atoms with Crippen LogP contribution in [0, 0.1) is 6.92 Å². The summed E-state index contributed by atoms with van der Waals surface area (Å²) in [5.74, 6) is -0.626. The van der Waals surface area contributed by atoms with Gasteiger partial charge in [-0.2, -0.15) is 0 Å². The van der Waals surface area contributed by atoms with Gasteiger partial charge >= 0.3 is 5.97 Å². The number of rotatable bonds is 7. The monoisotopic (exact) mass is 428 g/mol. The molecule has 0 saturated carbocycles. The van der Waals surface area contributed by atoms with E-state index < -0.39 is 5.97 Å². The van der Waals surface area contributed by atoms with Gasteiger partial charge in [-0.15, -0.1) is 0 Å². The number of anilines is 1. The van der Waals surface area contributed by atoms with Crippen LogP contribution in [0.15, 0.2) is 78.9 Å². The van der Waals surface area contributed by atoms with Gasteiger partial charge in [0.15, 0.2) is 0 Å². The van der Waals surface area contributed by atoms with Gasteiger partial charge in [0.05, 0.1) is 0 Å². The average molecular weight is 428 g/mol. The minimum absolute atomic E-state index is 0.223. The molecule has 0 heterocycles. The number of nitrogens with one attached hydrogen (secondary N) is 2. The Morgan fingerprint density at radius 3 is 2.34 bits per heavy atom. The number of ether oxygens (including phenoxy) is 1. The Balaban J connectivity index is 1.51. The standard InChI is InChI=1S/C26H24N2O4/c1-18-6-8-20(9-7-18)12-15-25(30)28-23-13-10-21(11-14-23)17-27-26(31)22-4-3-5-24(16-22)32-19(2)29/h3-16H,17H2,1-2H3,(H,27,31)(H,28,30)/b15-12+. The Kier molecular flexibility index (Phi) is 7.54. The van der Waals surface area contributed by atoms with E-state index in [4.69, 9.17) is 4.74 Å². The highest BCUT2D eigenvalue weighted by atomic mass is 16.5. The third kappa shape index (κ3) is 6.95. The van der Waals surface area contributed by atoms with Crippen LogP contribution in [0.1, 0.15) is 34.0 Å². The Hall–Kier alpha value is -4.19. The molecule has 0 aliphatic carbocycles. The highest BCUT2D eigenvalue weighted by Crippen LogP contribution is 2.14. The molecule has 3 rings (SSSR count). The van der Waals surface area contributed by atoms with E-state index in [0.717, 1.165) is 11.1 Å². The number of hydrogen-bond acceptors (Lipinski definition) is 4. The van der Waals surface area contributed by atoms with Crippen LogP contribution in [0.25, 0.3) is 6.08 Å². The van der Waals surface area contributed by atoms with Crippen molar-refractivity contribution < 1.29 is 19.1 Å². The third-order valence-electron chi connectivity index (χ3n) is 4.54. The van der Waals surface area contributed by atoms with Gasteiger partial charge in [-0.05, 0) is 54.5 Å². The maximum atomic E-state index is 12.4. The van der Waals surface area contributed by atoms with E-state index in [1.54, 1.807) is 36.4 Å². The quantitative estimate of drug-likeness (QED) is 0.330. The van der Waals surface area contributed by atoms with Gasteiger partial charge in [0.25, 0.3) is 5.91 Å². The molecule has 32 heavy (non-hydrogen) atoms. The Labute approximate surface area is 186 Å². The lowest BCUT2D eigenvalue weighted by Crippen LogP contribution is -2.22. The normalized spacial score (nSPS) is 10.6. The Morgan fingerprint density at radius 2 is 1.66 bits per heavy atom. The second-order valence-electron chi connectivity index (χ2n) is 7.23. The van der Waals surface area contributed by atoms with Crippen molar-refractivity contribution >= 4 is 29.5 Å². The van der Waals surface area contributed by atoms with Gasteiger partial charge in [0.2, 0.25) is 5.91 Å². The zero-order chi connectivity index (χ0) is 22.9. The van der Waals surface area contributed by atoms with Crippen molar-refractivity contribution in [1.82, 2.24) is 5.32 Å². The van der Waals surface area contributed by atoms with Gasteiger partial charge in [-0.3, -0.25) is 14.4 Å². The number of carbonyl (C=O) groups is 3. The highest BCUT2D eigenvalue weighted by molar-refractivity contribution is 6.02. The van der Waals surface area contributed by atoms with E-state index in [1.165, 1.54) is 24.6 Å². The van der Waals surface area contributed by atoms with Crippen molar-refractivity contribution in [2.75, 3.05) is 5.32 Å². The predicted octanol–water partition coefficient (Wildman–Crippen LogP) is 4.50. The molecule has 0 saturated heterocycles. The highest BCUT2D eigenvalue weighted by Gasteiger charge is 2.08. The van der Waals surface area contributed by atoms with Crippen LogP contribution in [0.2, 0.25) is 0 Å². The van der Waals surface area contributed by atoms with Crippen LogP contribution >= 0.6 is 0 Å². The zero-order valence-corrected chi connectivity index (χ0v) is 17.9. The molecular weight excluding hydrogens is 404 g/mol. The molecule has 0 aromatic heterocycles. The first-order chi connectivity index (χ1) is 15.4. The molecule has 2 amide bonds. The number of carbonyl (C=O) groups excluding carboxylic acids is 3. The molecule has 3 aromatic carbocycles. The summed E-state index contributed by atoms with van der Waals surface area (Å²) in [6.45, 7) is 3.63. The largest absolute Gasteiger partial charge is 0.427 e. The molecule has 0 unspecified atom stereocenters. The van der Waals surface area contributed by atoms with Crippen LogP contribution in [0.3, 0.4) is 0 Å². The fourth-order valence-corrected chi connectivity index (χ4v) is 2.89. The fourth-order valence-electron chi connectivity index (χ4n) is 2.89. The summed E-state index contributed by atoms with van der Waals surface area (Å²) in [6.07, 6.45) is 3.25. The minimum atomic E-state index is -0.444. The number of benzene rings is 3. The van der Waals surface area contributed by atoms with E-state index in [9.17, 15) is 14.4 Å². The van der Waals surface area contributed by atoms with Gasteiger partial charge in [0.1, 0.15) is 5.75 Å². The Morgan fingerprint density at radius 1 is 0.938 bits per heavy atom. The van der Waals surface area contributed by atoms with E-state index >= 15 is 0 Å². The molecular formula is C26H24N2O4. The van der Waals surface area contributed by atoms with Gasteiger partial charge in [-0.1, -0.05) is 48.0 Å². The Bertz CT molecular complexity index is 1130. The van der Waals surface area contributed by atoms with E-state index in [-0.39, 0.29) is 11.8 Å². The molecule has 0 aliphatic rings. The fraction of sp³-hybridized carbons (Fsp3) is 0.115.